The van der Waals surface area contributed by atoms with Crippen molar-refractivity contribution in [3.63, 3.8) is 0 Å². The van der Waals surface area contributed by atoms with Crippen LogP contribution in [0.1, 0.15) is 29.6 Å². The molecular weight excluding hydrogens is 305 g/mol. The highest BCUT2D eigenvalue weighted by molar-refractivity contribution is 6.19. The molecule has 1 amide bonds. The van der Waals surface area contributed by atoms with Crippen molar-refractivity contribution in [3.8, 4) is 0 Å². The summed E-state index contributed by atoms with van der Waals surface area (Å²) in [4.78, 5) is 11.8. The predicted molar refractivity (Wildman–Crippen MR) is 61.0 cm³/mol. The van der Waals surface area contributed by atoms with Gasteiger partial charge in [-0.3, -0.25) is 4.79 Å². The Labute approximate surface area is 115 Å². The van der Waals surface area contributed by atoms with E-state index in [1.807, 2.05) is 0 Å². The summed E-state index contributed by atoms with van der Waals surface area (Å²) in [5.74, 6) is -12.3. The van der Waals surface area contributed by atoms with Crippen LogP contribution in [0.4, 0.5) is 22.0 Å². The Morgan fingerprint density at radius 3 is 1.80 bits per heavy atom. The van der Waals surface area contributed by atoms with Gasteiger partial charge in [0.05, 0.1) is 5.54 Å². The highest BCUT2D eigenvalue weighted by Crippen LogP contribution is 2.33. The van der Waals surface area contributed by atoms with Crippen molar-refractivity contribution < 1.29 is 26.7 Å². The molecule has 0 unspecified atom stereocenters. The Morgan fingerprint density at radius 2 is 1.45 bits per heavy atom. The molecular formula is C12H9ClF5NO. The molecule has 2 rings (SSSR count). The second kappa shape index (κ2) is 5.20. The third-order valence-corrected chi connectivity index (χ3v) is 3.89. The van der Waals surface area contributed by atoms with E-state index in [0.29, 0.717) is 12.8 Å². The number of nitrogens with one attached hydrogen (secondary N) is 1. The highest BCUT2D eigenvalue weighted by atomic mass is 35.5. The summed E-state index contributed by atoms with van der Waals surface area (Å²) in [6.07, 6.45) is 1.72. The number of hydrogen-bond donors (Lipinski definition) is 1. The van der Waals surface area contributed by atoms with Gasteiger partial charge in [0, 0.05) is 5.88 Å². The second-order valence-corrected chi connectivity index (χ2v) is 4.93. The molecule has 1 fully saturated rings. The van der Waals surface area contributed by atoms with Gasteiger partial charge in [0.15, 0.2) is 23.3 Å². The Bertz CT molecular complexity index is 539. The summed E-state index contributed by atoms with van der Waals surface area (Å²) in [6, 6.07) is 0. The molecule has 1 aliphatic rings. The van der Waals surface area contributed by atoms with E-state index in [2.05, 4.69) is 5.32 Å². The molecule has 8 heteroatoms. The molecule has 1 aliphatic carbocycles. The maximum absolute atomic E-state index is 13.4. The Hall–Kier alpha value is -1.37. The lowest BCUT2D eigenvalue weighted by atomic mass is 9.78. The fraction of sp³-hybridized carbons (Fsp3) is 0.417. The standard InChI is InChI=1S/C12H9ClF5NO/c13-4-12(2-1-3-12)19-11(20)5-6(14)8(16)10(18)9(17)7(5)15/h1-4H2,(H,19,20). The van der Waals surface area contributed by atoms with Crippen molar-refractivity contribution in [1.29, 1.82) is 0 Å². The van der Waals surface area contributed by atoms with Crippen LogP contribution >= 0.6 is 11.6 Å². The fourth-order valence-electron chi connectivity index (χ4n) is 2.00. The zero-order chi connectivity index (χ0) is 15.1. The van der Waals surface area contributed by atoms with E-state index in [9.17, 15) is 26.7 Å². The Kier molecular flexibility index (Phi) is 3.90. The number of rotatable bonds is 3. The first-order chi connectivity index (χ1) is 9.33. The number of hydrogen-bond acceptors (Lipinski definition) is 1. The third kappa shape index (κ3) is 2.24. The minimum atomic E-state index is -2.30. The molecule has 0 radical (unpaired) electrons. The normalized spacial score (nSPS) is 16.7. The lowest BCUT2D eigenvalue weighted by Crippen LogP contribution is -2.55. The average molecular weight is 314 g/mol. The molecule has 0 atom stereocenters. The number of carbonyl (C=O) groups excluding carboxylic acids is 1. The molecule has 1 saturated carbocycles. The van der Waals surface area contributed by atoms with Gasteiger partial charge < -0.3 is 5.32 Å². The number of alkyl halides is 1. The van der Waals surface area contributed by atoms with Crippen molar-refractivity contribution in [2.45, 2.75) is 24.8 Å². The number of amides is 1. The Balaban J connectivity index is 2.40. The smallest absolute Gasteiger partial charge is 0.257 e. The molecule has 1 aromatic carbocycles. The van der Waals surface area contributed by atoms with Crippen LogP contribution in [-0.2, 0) is 0 Å². The van der Waals surface area contributed by atoms with E-state index in [4.69, 9.17) is 11.6 Å². The zero-order valence-corrected chi connectivity index (χ0v) is 10.8. The fourth-order valence-corrected chi connectivity index (χ4v) is 2.34. The first-order valence-electron chi connectivity index (χ1n) is 5.73. The minimum Gasteiger partial charge on any atom is -0.345 e. The van der Waals surface area contributed by atoms with Crippen molar-refractivity contribution in [3.05, 3.63) is 34.6 Å². The van der Waals surface area contributed by atoms with E-state index < -0.39 is 46.1 Å². The van der Waals surface area contributed by atoms with Gasteiger partial charge in [-0.2, -0.15) is 0 Å². The van der Waals surface area contributed by atoms with E-state index in [1.54, 1.807) is 0 Å². The van der Waals surface area contributed by atoms with E-state index in [1.165, 1.54) is 0 Å². The van der Waals surface area contributed by atoms with Crippen LogP contribution in [0.2, 0.25) is 0 Å². The quantitative estimate of drug-likeness (QED) is 0.394. The maximum Gasteiger partial charge on any atom is 0.257 e. The largest absolute Gasteiger partial charge is 0.345 e. The molecule has 110 valence electrons. The van der Waals surface area contributed by atoms with Gasteiger partial charge in [0.1, 0.15) is 5.56 Å². The predicted octanol–water partition coefficient (Wildman–Crippen LogP) is 3.27. The third-order valence-electron chi connectivity index (χ3n) is 3.38. The molecule has 1 N–H and O–H groups in total. The maximum atomic E-state index is 13.4. The van der Waals surface area contributed by atoms with Gasteiger partial charge in [-0.05, 0) is 19.3 Å². The first-order valence-corrected chi connectivity index (χ1v) is 6.26. The number of halogens is 6. The van der Waals surface area contributed by atoms with Gasteiger partial charge in [-0.1, -0.05) is 0 Å². The van der Waals surface area contributed by atoms with Gasteiger partial charge in [0.2, 0.25) is 5.82 Å². The average Bonchev–Trinajstić information content (AvgIpc) is 2.38. The lowest BCUT2D eigenvalue weighted by molar-refractivity contribution is 0.0842. The summed E-state index contributed by atoms with van der Waals surface area (Å²) in [7, 11) is 0. The van der Waals surface area contributed by atoms with Crippen LogP contribution in [0.25, 0.3) is 0 Å². The van der Waals surface area contributed by atoms with Crippen LogP contribution in [-0.4, -0.2) is 17.3 Å². The van der Waals surface area contributed by atoms with E-state index >= 15 is 0 Å². The van der Waals surface area contributed by atoms with Gasteiger partial charge in [0.25, 0.3) is 5.91 Å². The number of benzene rings is 1. The first kappa shape index (κ1) is 15.0. The summed E-state index contributed by atoms with van der Waals surface area (Å²) >= 11 is 5.65. The molecule has 2 nitrogen and oxygen atoms in total. The van der Waals surface area contributed by atoms with E-state index in [0.717, 1.165) is 6.42 Å². The molecule has 0 saturated heterocycles. The monoisotopic (exact) mass is 313 g/mol. The van der Waals surface area contributed by atoms with Gasteiger partial charge >= 0.3 is 0 Å². The molecule has 0 aliphatic heterocycles. The minimum absolute atomic E-state index is 0.00582. The topological polar surface area (TPSA) is 29.1 Å². The summed E-state index contributed by atoms with van der Waals surface area (Å²) in [5, 5.41) is 2.24. The number of carbonyl (C=O) groups is 1. The van der Waals surface area contributed by atoms with Crippen LogP contribution in [0.3, 0.4) is 0 Å². The molecule has 1 aromatic rings. The zero-order valence-electron chi connectivity index (χ0n) is 10.0. The van der Waals surface area contributed by atoms with Crippen molar-refractivity contribution in [1.82, 2.24) is 5.32 Å². The molecule has 0 heterocycles. The van der Waals surface area contributed by atoms with E-state index in [-0.39, 0.29) is 5.88 Å². The van der Waals surface area contributed by atoms with Crippen molar-refractivity contribution in [2.75, 3.05) is 5.88 Å². The van der Waals surface area contributed by atoms with Crippen molar-refractivity contribution >= 4 is 17.5 Å². The lowest BCUT2D eigenvalue weighted by Gasteiger charge is -2.41. The van der Waals surface area contributed by atoms with Crippen LogP contribution in [0, 0.1) is 29.1 Å². The van der Waals surface area contributed by atoms with Crippen LogP contribution < -0.4 is 5.32 Å². The second-order valence-electron chi connectivity index (χ2n) is 4.67. The summed E-state index contributed by atoms with van der Waals surface area (Å²) in [6.45, 7) is 0. The molecule has 0 aromatic heterocycles. The highest BCUT2D eigenvalue weighted by Gasteiger charge is 2.39. The molecule has 0 bridgehead atoms. The summed E-state index contributed by atoms with van der Waals surface area (Å²) < 4.78 is 65.8. The van der Waals surface area contributed by atoms with Crippen LogP contribution in [0.15, 0.2) is 0 Å². The SMILES string of the molecule is O=C(NC1(CCl)CCC1)c1c(F)c(F)c(F)c(F)c1F. The molecule has 20 heavy (non-hydrogen) atoms. The van der Waals surface area contributed by atoms with Gasteiger partial charge in [-0.25, -0.2) is 22.0 Å². The van der Waals surface area contributed by atoms with Crippen LogP contribution in [0.5, 0.6) is 0 Å². The van der Waals surface area contributed by atoms with Crippen molar-refractivity contribution in [2.24, 2.45) is 0 Å². The molecule has 0 spiro atoms. The Morgan fingerprint density at radius 1 is 1.00 bits per heavy atom. The summed E-state index contributed by atoms with van der Waals surface area (Å²) in [5.41, 5.74) is -2.34. The van der Waals surface area contributed by atoms with Gasteiger partial charge in [-0.15, -0.1) is 11.6 Å².